The summed E-state index contributed by atoms with van der Waals surface area (Å²) in [7, 11) is -3.34. The van der Waals surface area contributed by atoms with Gasteiger partial charge in [-0.2, -0.15) is 0 Å². The smallest absolute Gasteiger partial charge is 0.229 e. The van der Waals surface area contributed by atoms with Crippen LogP contribution in [-0.4, -0.2) is 19.8 Å². The molecule has 2 N–H and O–H groups in total. The molecule has 0 aliphatic carbocycles. The van der Waals surface area contributed by atoms with E-state index in [0.29, 0.717) is 10.7 Å². The molecule has 4 nitrogen and oxygen atoms in total. The Kier molecular flexibility index (Phi) is 4.80. The molecule has 118 valence electrons. The van der Waals surface area contributed by atoms with Gasteiger partial charge in [-0.1, -0.05) is 23.7 Å². The molecule has 0 amide bonds. The molecule has 0 aliphatic heterocycles. The zero-order valence-electron chi connectivity index (χ0n) is 12.6. The third-order valence-corrected chi connectivity index (χ3v) is 4.24. The van der Waals surface area contributed by atoms with Gasteiger partial charge < -0.3 is 5.11 Å². The van der Waals surface area contributed by atoms with Gasteiger partial charge in [-0.25, -0.2) is 8.42 Å². The Hall–Kier alpha value is -1.56. The minimum absolute atomic E-state index is 0.474. The van der Waals surface area contributed by atoms with Crippen LogP contribution in [0.1, 0.15) is 24.2 Å². The highest BCUT2D eigenvalue weighted by Gasteiger charge is 2.12. The first-order valence-corrected chi connectivity index (χ1v) is 9.00. The largest absolute Gasteiger partial charge is 0.389 e. The summed E-state index contributed by atoms with van der Waals surface area (Å²) in [6.45, 7) is 3.60. The molecule has 0 heterocycles. The Morgan fingerprint density at radius 3 is 2.41 bits per heavy atom. The molecule has 0 unspecified atom stereocenters. The van der Waals surface area contributed by atoms with Crippen molar-refractivity contribution in [3.8, 4) is 11.1 Å². The maximum absolute atomic E-state index is 11.4. The summed E-state index contributed by atoms with van der Waals surface area (Å²) in [6, 6.07) is 10.6. The normalized spacial score (nSPS) is 13.0. The number of halogens is 1. The van der Waals surface area contributed by atoms with E-state index in [0.717, 1.165) is 28.5 Å². The number of rotatable bonds is 4. The van der Waals surface area contributed by atoms with Crippen LogP contribution in [0.4, 0.5) is 5.69 Å². The molecular formula is C16H18ClNO3S. The minimum Gasteiger partial charge on any atom is -0.389 e. The summed E-state index contributed by atoms with van der Waals surface area (Å²) in [6.07, 6.45) is 0.502. The van der Waals surface area contributed by atoms with Gasteiger partial charge in [-0.3, -0.25) is 4.72 Å². The molecule has 0 fully saturated rings. The standard InChI is InChI=1S/C16H18ClNO3S/c1-10-4-6-13(18-22(3,20)21)9-14(10)15-8-12(11(2)19)5-7-16(15)17/h4-9,11,18-19H,1-3H3/t11-/m1/s1. The number of nitrogens with one attached hydrogen (secondary N) is 1. The van der Waals surface area contributed by atoms with E-state index in [9.17, 15) is 13.5 Å². The number of aliphatic hydroxyl groups is 1. The maximum Gasteiger partial charge on any atom is 0.229 e. The van der Waals surface area contributed by atoms with Crippen molar-refractivity contribution in [1.29, 1.82) is 0 Å². The number of hydrogen-bond acceptors (Lipinski definition) is 3. The molecule has 1 atom stereocenters. The molecular weight excluding hydrogens is 322 g/mol. The van der Waals surface area contributed by atoms with E-state index in [2.05, 4.69) is 4.72 Å². The van der Waals surface area contributed by atoms with Crippen LogP contribution in [0.5, 0.6) is 0 Å². The SMILES string of the molecule is Cc1ccc(NS(C)(=O)=O)cc1-c1cc([C@@H](C)O)ccc1Cl. The van der Waals surface area contributed by atoms with Gasteiger partial charge in [0.05, 0.1) is 12.4 Å². The molecule has 2 aromatic carbocycles. The summed E-state index contributed by atoms with van der Waals surface area (Å²) in [5.41, 5.74) is 3.77. The molecule has 0 spiro atoms. The molecule has 6 heteroatoms. The van der Waals surface area contributed by atoms with Crippen LogP contribution in [0, 0.1) is 6.92 Å². The number of sulfonamides is 1. The van der Waals surface area contributed by atoms with Gasteiger partial charge in [0.1, 0.15) is 0 Å². The van der Waals surface area contributed by atoms with Crippen molar-refractivity contribution >= 4 is 27.3 Å². The fourth-order valence-corrected chi connectivity index (χ4v) is 2.97. The van der Waals surface area contributed by atoms with Crippen LogP contribution in [0.2, 0.25) is 5.02 Å². The van der Waals surface area contributed by atoms with Crippen molar-refractivity contribution in [1.82, 2.24) is 0 Å². The van der Waals surface area contributed by atoms with Gasteiger partial charge in [0.25, 0.3) is 0 Å². The lowest BCUT2D eigenvalue weighted by Crippen LogP contribution is -2.09. The molecule has 2 rings (SSSR count). The zero-order chi connectivity index (χ0) is 16.5. The highest BCUT2D eigenvalue weighted by atomic mass is 35.5. The van der Waals surface area contributed by atoms with E-state index in [-0.39, 0.29) is 0 Å². The number of anilines is 1. The summed E-state index contributed by atoms with van der Waals surface area (Å²) in [4.78, 5) is 0. The second-order valence-electron chi connectivity index (χ2n) is 5.32. The molecule has 2 aromatic rings. The topological polar surface area (TPSA) is 66.4 Å². The maximum atomic E-state index is 11.4. The summed E-state index contributed by atoms with van der Waals surface area (Å²) in [5, 5.41) is 10.3. The fourth-order valence-electron chi connectivity index (χ4n) is 2.20. The quantitative estimate of drug-likeness (QED) is 0.891. The predicted molar refractivity (Wildman–Crippen MR) is 90.7 cm³/mol. The van der Waals surface area contributed by atoms with Crippen LogP contribution < -0.4 is 4.72 Å². The molecule has 0 aromatic heterocycles. The highest BCUT2D eigenvalue weighted by Crippen LogP contribution is 2.34. The average Bonchev–Trinajstić information content (AvgIpc) is 2.40. The first kappa shape index (κ1) is 16.8. The first-order valence-electron chi connectivity index (χ1n) is 6.73. The Morgan fingerprint density at radius 2 is 1.82 bits per heavy atom. The zero-order valence-corrected chi connectivity index (χ0v) is 14.2. The van der Waals surface area contributed by atoms with E-state index in [1.165, 1.54) is 0 Å². The number of aryl methyl sites for hydroxylation is 1. The minimum atomic E-state index is -3.34. The lowest BCUT2D eigenvalue weighted by molar-refractivity contribution is 0.199. The van der Waals surface area contributed by atoms with Crippen molar-refractivity contribution in [2.75, 3.05) is 11.0 Å². The van der Waals surface area contributed by atoms with Crippen molar-refractivity contribution in [2.24, 2.45) is 0 Å². The second-order valence-corrected chi connectivity index (χ2v) is 7.47. The third kappa shape index (κ3) is 4.00. The number of benzene rings is 2. The van der Waals surface area contributed by atoms with Crippen LogP contribution in [0.15, 0.2) is 36.4 Å². The number of hydrogen-bond donors (Lipinski definition) is 2. The van der Waals surface area contributed by atoms with Crippen LogP contribution in [-0.2, 0) is 10.0 Å². The molecule has 0 bridgehead atoms. The van der Waals surface area contributed by atoms with E-state index < -0.39 is 16.1 Å². The van der Waals surface area contributed by atoms with Crippen molar-refractivity contribution < 1.29 is 13.5 Å². The highest BCUT2D eigenvalue weighted by molar-refractivity contribution is 7.92. The van der Waals surface area contributed by atoms with Gasteiger partial charge >= 0.3 is 0 Å². The van der Waals surface area contributed by atoms with Gasteiger partial charge in [-0.15, -0.1) is 0 Å². The van der Waals surface area contributed by atoms with Crippen LogP contribution in [0.25, 0.3) is 11.1 Å². The van der Waals surface area contributed by atoms with E-state index in [1.807, 2.05) is 19.1 Å². The van der Waals surface area contributed by atoms with E-state index in [1.54, 1.807) is 31.2 Å². The summed E-state index contributed by atoms with van der Waals surface area (Å²) in [5.74, 6) is 0. The molecule has 22 heavy (non-hydrogen) atoms. The first-order chi connectivity index (χ1) is 10.2. The second kappa shape index (κ2) is 6.28. The van der Waals surface area contributed by atoms with Crippen LogP contribution in [0.3, 0.4) is 0 Å². The lowest BCUT2D eigenvalue weighted by Gasteiger charge is -2.14. The average molecular weight is 340 g/mol. The van der Waals surface area contributed by atoms with Gasteiger partial charge in [0.15, 0.2) is 0 Å². The van der Waals surface area contributed by atoms with Gasteiger partial charge in [0.2, 0.25) is 10.0 Å². The monoisotopic (exact) mass is 339 g/mol. The Bertz CT molecular complexity index is 801. The molecule has 0 aliphatic rings. The van der Waals surface area contributed by atoms with E-state index >= 15 is 0 Å². The van der Waals surface area contributed by atoms with Gasteiger partial charge in [-0.05, 0) is 54.8 Å². The third-order valence-electron chi connectivity index (χ3n) is 3.30. The predicted octanol–water partition coefficient (Wildman–Crippen LogP) is 3.74. The Labute approximate surface area is 135 Å². The van der Waals surface area contributed by atoms with Crippen molar-refractivity contribution in [2.45, 2.75) is 20.0 Å². The van der Waals surface area contributed by atoms with Crippen LogP contribution >= 0.6 is 11.6 Å². The fraction of sp³-hybridized carbons (Fsp3) is 0.250. The summed E-state index contributed by atoms with van der Waals surface area (Å²) < 4.78 is 25.2. The number of aliphatic hydroxyl groups excluding tert-OH is 1. The molecule has 0 radical (unpaired) electrons. The van der Waals surface area contributed by atoms with E-state index in [4.69, 9.17) is 11.6 Å². The van der Waals surface area contributed by atoms with Crippen molar-refractivity contribution in [3.63, 3.8) is 0 Å². The Balaban J connectivity index is 2.56. The summed E-state index contributed by atoms with van der Waals surface area (Å²) >= 11 is 6.27. The van der Waals surface area contributed by atoms with Gasteiger partial charge in [0, 0.05) is 16.3 Å². The lowest BCUT2D eigenvalue weighted by atomic mass is 9.97. The molecule has 0 saturated carbocycles. The molecule has 0 saturated heterocycles. The Morgan fingerprint density at radius 1 is 1.14 bits per heavy atom. The van der Waals surface area contributed by atoms with Crippen molar-refractivity contribution in [3.05, 3.63) is 52.5 Å².